The third kappa shape index (κ3) is 1.69. The molecule has 0 saturated carbocycles. The molecule has 0 saturated heterocycles. The summed E-state index contributed by atoms with van der Waals surface area (Å²) < 4.78 is 0. The van der Waals surface area contributed by atoms with E-state index in [9.17, 15) is 14.4 Å². The van der Waals surface area contributed by atoms with Crippen molar-refractivity contribution in [3.63, 3.8) is 0 Å². The second-order valence-electron chi connectivity index (χ2n) is 3.86. The van der Waals surface area contributed by atoms with Crippen LogP contribution in [-0.2, 0) is 9.59 Å². The van der Waals surface area contributed by atoms with E-state index < -0.39 is 11.7 Å². The number of ketones is 1. The Balaban J connectivity index is 2.47. The van der Waals surface area contributed by atoms with Gasteiger partial charge in [0.2, 0.25) is 5.91 Å². The number of nitrogens with zero attached hydrogens (tertiary/aromatic N) is 1. The minimum absolute atomic E-state index is 0.126. The Morgan fingerprint density at radius 2 is 2.06 bits per heavy atom. The van der Waals surface area contributed by atoms with E-state index in [0.717, 1.165) is 5.56 Å². The topological polar surface area (TPSA) is 66.5 Å². The highest BCUT2D eigenvalue weighted by molar-refractivity contribution is 6.52. The van der Waals surface area contributed by atoms with Crippen LogP contribution in [0.3, 0.4) is 0 Å². The minimum atomic E-state index is -0.641. The molecule has 5 nitrogen and oxygen atoms in total. The van der Waals surface area contributed by atoms with Gasteiger partial charge in [0.25, 0.3) is 11.7 Å². The van der Waals surface area contributed by atoms with Crippen LogP contribution in [0.4, 0.5) is 5.69 Å². The van der Waals surface area contributed by atoms with E-state index in [1.165, 1.54) is 11.9 Å². The van der Waals surface area contributed by atoms with Crippen molar-refractivity contribution in [2.45, 2.75) is 6.92 Å². The fourth-order valence-electron chi connectivity index (χ4n) is 1.91. The smallest absolute Gasteiger partial charge is 0.299 e. The Hall–Kier alpha value is -2.17. The van der Waals surface area contributed by atoms with Gasteiger partial charge in [-0.2, -0.15) is 0 Å². The Morgan fingerprint density at radius 3 is 2.71 bits per heavy atom. The summed E-state index contributed by atoms with van der Waals surface area (Å²) in [6.07, 6.45) is 0. The van der Waals surface area contributed by atoms with Crippen LogP contribution in [0, 0.1) is 6.92 Å². The third-order valence-corrected chi connectivity index (χ3v) is 2.77. The first-order valence-corrected chi connectivity index (χ1v) is 5.22. The van der Waals surface area contributed by atoms with Gasteiger partial charge in [-0.05, 0) is 18.6 Å². The zero-order chi connectivity index (χ0) is 12.6. The molecule has 2 amide bonds. The fourth-order valence-corrected chi connectivity index (χ4v) is 1.91. The highest BCUT2D eigenvalue weighted by Gasteiger charge is 2.37. The molecular weight excluding hydrogens is 220 g/mol. The SMILES string of the molecule is CNC(=O)CN1C(=O)C(=O)c2cccc(C)c21. The number of aryl methyl sites for hydroxylation is 1. The fraction of sp³-hybridized carbons (Fsp3) is 0.250. The second kappa shape index (κ2) is 4.01. The molecule has 0 aromatic heterocycles. The Labute approximate surface area is 98.4 Å². The lowest BCUT2D eigenvalue weighted by Gasteiger charge is -2.17. The largest absolute Gasteiger partial charge is 0.358 e. The molecule has 0 radical (unpaired) electrons. The van der Waals surface area contributed by atoms with Crippen molar-refractivity contribution < 1.29 is 14.4 Å². The highest BCUT2D eigenvalue weighted by Crippen LogP contribution is 2.31. The van der Waals surface area contributed by atoms with Gasteiger partial charge in [-0.25, -0.2) is 0 Å². The van der Waals surface area contributed by atoms with Crippen LogP contribution >= 0.6 is 0 Å². The maximum atomic E-state index is 11.8. The number of likely N-dealkylation sites (N-methyl/N-ethyl adjacent to an activating group) is 1. The van der Waals surface area contributed by atoms with Crippen LogP contribution in [0.1, 0.15) is 15.9 Å². The van der Waals surface area contributed by atoms with Gasteiger partial charge < -0.3 is 5.32 Å². The molecule has 2 rings (SSSR count). The van der Waals surface area contributed by atoms with E-state index in [0.29, 0.717) is 11.3 Å². The molecule has 0 bridgehead atoms. The summed E-state index contributed by atoms with van der Waals surface area (Å²) in [6.45, 7) is 1.68. The Morgan fingerprint density at radius 1 is 1.35 bits per heavy atom. The first-order chi connectivity index (χ1) is 8.06. The Kier molecular flexibility index (Phi) is 2.67. The van der Waals surface area contributed by atoms with Gasteiger partial charge in [0.05, 0.1) is 11.3 Å². The van der Waals surface area contributed by atoms with Crippen LogP contribution in [0.25, 0.3) is 0 Å². The first-order valence-electron chi connectivity index (χ1n) is 5.22. The van der Waals surface area contributed by atoms with Crippen molar-refractivity contribution in [2.75, 3.05) is 18.5 Å². The molecule has 0 fully saturated rings. The molecule has 1 aromatic rings. The number of amides is 2. The molecule has 88 valence electrons. The average Bonchev–Trinajstić information content (AvgIpc) is 2.56. The van der Waals surface area contributed by atoms with Gasteiger partial charge in [-0.15, -0.1) is 0 Å². The number of hydrogen-bond acceptors (Lipinski definition) is 3. The third-order valence-electron chi connectivity index (χ3n) is 2.77. The summed E-state index contributed by atoms with van der Waals surface area (Å²) in [5.74, 6) is -1.49. The number of fused-ring (bicyclic) bond motifs is 1. The van der Waals surface area contributed by atoms with Gasteiger partial charge in [-0.3, -0.25) is 19.3 Å². The molecule has 0 atom stereocenters. The van der Waals surface area contributed by atoms with E-state index >= 15 is 0 Å². The zero-order valence-electron chi connectivity index (χ0n) is 9.61. The van der Waals surface area contributed by atoms with Crippen molar-refractivity contribution in [3.8, 4) is 0 Å². The number of rotatable bonds is 2. The molecule has 1 heterocycles. The van der Waals surface area contributed by atoms with E-state index in [-0.39, 0.29) is 12.5 Å². The van der Waals surface area contributed by atoms with Gasteiger partial charge >= 0.3 is 0 Å². The van der Waals surface area contributed by atoms with Crippen molar-refractivity contribution in [2.24, 2.45) is 0 Å². The molecular formula is C12H12N2O3. The first kappa shape index (κ1) is 11.3. The van der Waals surface area contributed by atoms with Gasteiger partial charge in [-0.1, -0.05) is 12.1 Å². The highest BCUT2D eigenvalue weighted by atomic mass is 16.2. The molecule has 1 N–H and O–H groups in total. The lowest BCUT2D eigenvalue weighted by atomic mass is 10.1. The maximum absolute atomic E-state index is 11.8. The molecule has 1 aromatic carbocycles. The van der Waals surface area contributed by atoms with Crippen LogP contribution in [0.2, 0.25) is 0 Å². The lowest BCUT2D eigenvalue weighted by Crippen LogP contribution is -2.39. The van der Waals surface area contributed by atoms with E-state index in [4.69, 9.17) is 0 Å². The van der Waals surface area contributed by atoms with Crippen molar-refractivity contribution in [1.82, 2.24) is 5.32 Å². The number of para-hydroxylation sites is 1. The molecule has 0 unspecified atom stereocenters. The van der Waals surface area contributed by atoms with Crippen LogP contribution in [0.15, 0.2) is 18.2 Å². The van der Waals surface area contributed by atoms with E-state index in [1.54, 1.807) is 12.1 Å². The second-order valence-corrected chi connectivity index (χ2v) is 3.86. The van der Waals surface area contributed by atoms with Crippen LogP contribution in [-0.4, -0.2) is 31.2 Å². The number of nitrogens with one attached hydrogen (secondary N) is 1. The summed E-state index contributed by atoms with van der Waals surface area (Å²) in [7, 11) is 1.49. The summed E-state index contributed by atoms with van der Waals surface area (Å²) in [5, 5.41) is 2.43. The monoisotopic (exact) mass is 232 g/mol. The van der Waals surface area contributed by atoms with Gasteiger partial charge in [0.1, 0.15) is 6.54 Å². The molecule has 0 spiro atoms. The standard InChI is InChI=1S/C12H12N2O3/c1-7-4-3-5-8-10(7)14(6-9(15)13-2)12(17)11(8)16/h3-5H,6H2,1-2H3,(H,13,15). The molecule has 1 aliphatic rings. The number of hydrogen-bond donors (Lipinski definition) is 1. The number of carbonyl (C=O) groups is 3. The van der Waals surface area contributed by atoms with Crippen molar-refractivity contribution in [3.05, 3.63) is 29.3 Å². The predicted molar refractivity (Wildman–Crippen MR) is 61.9 cm³/mol. The summed E-state index contributed by atoms with van der Waals surface area (Å²) in [6, 6.07) is 5.14. The summed E-state index contributed by atoms with van der Waals surface area (Å²) in [5.41, 5.74) is 1.73. The van der Waals surface area contributed by atoms with E-state index in [2.05, 4.69) is 5.32 Å². The number of anilines is 1. The predicted octanol–water partition coefficient (Wildman–Crippen LogP) is 0.270. The quantitative estimate of drug-likeness (QED) is 0.744. The summed E-state index contributed by atoms with van der Waals surface area (Å²) in [4.78, 5) is 36.0. The number of Topliss-reactive ketones (excluding diaryl/α,β-unsaturated/α-hetero) is 1. The molecule has 0 aliphatic carbocycles. The van der Waals surface area contributed by atoms with Crippen molar-refractivity contribution >= 4 is 23.3 Å². The van der Waals surface area contributed by atoms with Crippen LogP contribution in [0.5, 0.6) is 0 Å². The minimum Gasteiger partial charge on any atom is -0.358 e. The number of carbonyl (C=O) groups excluding carboxylic acids is 3. The average molecular weight is 232 g/mol. The van der Waals surface area contributed by atoms with Gasteiger partial charge in [0, 0.05) is 7.05 Å². The maximum Gasteiger partial charge on any atom is 0.299 e. The van der Waals surface area contributed by atoms with Gasteiger partial charge in [0.15, 0.2) is 0 Å². The van der Waals surface area contributed by atoms with Crippen LogP contribution < -0.4 is 10.2 Å². The normalized spacial score (nSPS) is 13.9. The molecule has 1 aliphatic heterocycles. The lowest BCUT2D eigenvalue weighted by molar-refractivity contribution is -0.121. The number of benzene rings is 1. The summed E-state index contributed by atoms with van der Waals surface area (Å²) >= 11 is 0. The van der Waals surface area contributed by atoms with E-state index in [1.807, 2.05) is 13.0 Å². The Bertz CT molecular complexity index is 522. The molecule has 5 heteroatoms. The van der Waals surface area contributed by atoms with Crippen molar-refractivity contribution in [1.29, 1.82) is 0 Å². The zero-order valence-corrected chi connectivity index (χ0v) is 9.61. The molecule has 17 heavy (non-hydrogen) atoms.